The molecule has 0 radical (unpaired) electrons. The fourth-order valence-corrected chi connectivity index (χ4v) is 8.17. The summed E-state index contributed by atoms with van der Waals surface area (Å²) in [6.07, 6.45) is -2.77. The van der Waals surface area contributed by atoms with Crippen LogP contribution in [0.3, 0.4) is 0 Å². The number of nitrogens with zero attached hydrogens (tertiary/aromatic N) is 3. The van der Waals surface area contributed by atoms with Crippen LogP contribution in [0.1, 0.15) is 81.6 Å². The van der Waals surface area contributed by atoms with Gasteiger partial charge in [-0.05, 0) is 60.3 Å². The number of hydrogen-bond acceptors (Lipinski definition) is 12. The molecule has 294 valence electrons. The van der Waals surface area contributed by atoms with Crippen molar-refractivity contribution in [3.8, 4) is 0 Å². The summed E-state index contributed by atoms with van der Waals surface area (Å²) in [5.41, 5.74) is -2.44. The minimum atomic E-state index is -1.48. The molecule has 4 rings (SSSR count). The Morgan fingerprint density at radius 3 is 2.35 bits per heavy atom. The van der Waals surface area contributed by atoms with Gasteiger partial charge in [0.1, 0.15) is 6.10 Å². The molecule has 14 heteroatoms. The van der Waals surface area contributed by atoms with Crippen LogP contribution in [-0.4, -0.2) is 150 Å². The van der Waals surface area contributed by atoms with Crippen molar-refractivity contribution < 1.29 is 53.3 Å². The number of aliphatic imine (C=N–C) groups is 1. The topological polar surface area (TPSA) is 161 Å². The molecule has 4 heterocycles. The average Bonchev–Trinajstić information content (AvgIpc) is 3.35. The van der Waals surface area contributed by atoms with Crippen molar-refractivity contribution >= 4 is 11.9 Å². The van der Waals surface area contributed by atoms with Gasteiger partial charge in [-0.2, -0.15) is 0 Å². The Bertz CT molecular complexity index is 1220. The SMILES string of the molecule is CO[C@]1(C)C[C@H](O[C@H]2[C@H](C)[C@@H](O[C@@H]3O[C@H](C)C[C@H]4[C@H]3O/C(=N\C(C)C)N4C)[C@](C)(O)C[C@@H](C)CN(C)C(=O)/C=C/COC(O)[C@@H]2C)O[C@@H](C)[C@@H]1O. The van der Waals surface area contributed by atoms with Gasteiger partial charge in [0.15, 0.2) is 25.0 Å². The number of carbonyl (C=O) groups is 1. The Hall–Kier alpha value is -1.88. The number of ether oxygens (including phenoxy) is 7. The molecule has 4 aliphatic heterocycles. The molecule has 4 aliphatic rings. The predicted octanol–water partition coefficient (Wildman–Crippen LogP) is 2.67. The van der Waals surface area contributed by atoms with Gasteiger partial charge in [0, 0.05) is 58.1 Å². The van der Waals surface area contributed by atoms with E-state index in [1.807, 2.05) is 53.5 Å². The number of hydrogen-bond donors (Lipinski definition) is 3. The number of methoxy groups -OCH3 is 1. The second-order valence-corrected chi connectivity index (χ2v) is 16.1. The number of amides is 1. The number of amidine groups is 1. The quantitative estimate of drug-likeness (QED) is 0.368. The molecule has 3 fully saturated rings. The van der Waals surface area contributed by atoms with Gasteiger partial charge in [0.2, 0.25) is 5.91 Å². The summed E-state index contributed by atoms with van der Waals surface area (Å²) in [5.74, 6) is -1.61. The van der Waals surface area contributed by atoms with Crippen LogP contribution in [0, 0.1) is 17.8 Å². The first-order chi connectivity index (χ1) is 23.8. The summed E-state index contributed by atoms with van der Waals surface area (Å²) < 4.78 is 44.3. The fourth-order valence-electron chi connectivity index (χ4n) is 8.17. The maximum atomic E-state index is 12.9. The number of carbonyl (C=O) groups excluding carboxylic acids is 1. The van der Waals surface area contributed by atoms with Crippen LogP contribution in [0.2, 0.25) is 0 Å². The zero-order chi connectivity index (χ0) is 38.0. The summed E-state index contributed by atoms with van der Waals surface area (Å²) >= 11 is 0. The lowest BCUT2D eigenvalue weighted by Gasteiger charge is -2.48. The zero-order valence-electron chi connectivity index (χ0n) is 32.7. The molecule has 0 saturated carbocycles. The summed E-state index contributed by atoms with van der Waals surface area (Å²) in [7, 11) is 5.22. The van der Waals surface area contributed by atoms with Crippen LogP contribution in [0.5, 0.6) is 0 Å². The van der Waals surface area contributed by atoms with Crippen molar-refractivity contribution in [1.29, 1.82) is 0 Å². The molecule has 3 saturated heterocycles. The lowest BCUT2D eigenvalue weighted by atomic mass is 9.77. The van der Waals surface area contributed by atoms with Gasteiger partial charge in [-0.15, -0.1) is 0 Å². The molecule has 1 amide bonds. The molecule has 1 unspecified atom stereocenters. The minimum Gasteiger partial charge on any atom is -0.454 e. The van der Waals surface area contributed by atoms with Crippen LogP contribution in [-0.2, 0) is 38.0 Å². The maximum Gasteiger partial charge on any atom is 0.288 e. The van der Waals surface area contributed by atoms with Gasteiger partial charge in [0.05, 0.1) is 48.3 Å². The highest BCUT2D eigenvalue weighted by Gasteiger charge is 2.53. The van der Waals surface area contributed by atoms with Gasteiger partial charge < -0.3 is 58.3 Å². The monoisotopic (exact) mass is 727 g/mol. The van der Waals surface area contributed by atoms with Crippen LogP contribution in [0.4, 0.5) is 0 Å². The van der Waals surface area contributed by atoms with Crippen molar-refractivity contribution in [3.63, 3.8) is 0 Å². The molecule has 0 spiro atoms. The van der Waals surface area contributed by atoms with E-state index in [1.54, 1.807) is 45.9 Å². The molecule has 0 aromatic heterocycles. The third-order valence-corrected chi connectivity index (χ3v) is 11.0. The van der Waals surface area contributed by atoms with E-state index in [0.717, 1.165) is 0 Å². The van der Waals surface area contributed by atoms with E-state index in [1.165, 1.54) is 6.08 Å². The largest absolute Gasteiger partial charge is 0.454 e. The van der Waals surface area contributed by atoms with E-state index in [4.69, 9.17) is 38.2 Å². The molecule has 51 heavy (non-hydrogen) atoms. The number of likely N-dealkylation sites (N-methyl/N-ethyl adjacent to an activating group) is 2. The first-order valence-electron chi connectivity index (χ1n) is 18.5. The maximum absolute atomic E-state index is 12.9. The molecule has 15 atom stereocenters. The normalized spacial score (nSPS) is 46.4. The lowest BCUT2D eigenvalue weighted by Crippen LogP contribution is -2.60. The van der Waals surface area contributed by atoms with E-state index in [0.29, 0.717) is 19.0 Å². The number of aliphatic hydroxyl groups is 3. The molecular formula is C37H65N3O11. The van der Waals surface area contributed by atoms with E-state index < -0.39 is 72.4 Å². The fraction of sp³-hybridized carbons (Fsp3) is 0.892. The highest BCUT2D eigenvalue weighted by atomic mass is 16.7. The second kappa shape index (κ2) is 17.1. The summed E-state index contributed by atoms with van der Waals surface area (Å²) in [4.78, 5) is 21.2. The second-order valence-electron chi connectivity index (χ2n) is 16.1. The van der Waals surface area contributed by atoms with Crippen molar-refractivity contribution in [2.75, 3.05) is 34.4 Å². The van der Waals surface area contributed by atoms with Crippen molar-refractivity contribution in [2.45, 2.75) is 160 Å². The van der Waals surface area contributed by atoms with E-state index in [9.17, 15) is 20.1 Å². The first kappa shape index (κ1) is 41.9. The Morgan fingerprint density at radius 2 is 1.71 bits per heavy atom. The Morgan fingerprint density at radius 1 is 1.02 bits per heavy atom. The van der Waals surface area contributed by atoms with Crippen molar-refractivity contribution in [1.82, 2.24) is 9.80 Å². The third kappa shape index (κ3) is 9.81. The van der Waals surface area contributed by atoms with Crippen molar-refractivity contribution in [2.24, 2.45) is 22.7 Å². The highest BCUT2D eigenvalue weighted by molar-refractivity contribution is 5.87. The predicted molar refractivity (Wildman–Crippen MR) is 190 cm³/mol. The number of fused-ring (bicyclic) bond motifs is 1. The third-order valence-electron chi connectivity index (χ3n) is 11.0. The molecule has 0 aliphatic carbocycles. The van der Waals surface area contributed by atoms with Gasteiger partial charge in [0.25, 0.3) is 6.02 Å². The van der Waals surface area contributed by atoms with Crippen LogP contribution in [0.25, 0.3) is 0 Å². The van der Waals surface area contributed by atoms with Gasteiger partial charge >= 0.3 is 0 Å². The molecule has 0 bridgehead atoms. The van der Waals surface area contributed by atoms with Gasteiger partial charge in [-0.1, -0.05) is 26.8 Å². The minimum absolute atomic E-state index is 0.00766. The summed E-state index contributed by atoms with van der Waals surface area (Å²) in [6, 6.07) is 0.469. The van der Waals surface area contributed by atoms with E-state index >= 15 is 0 Å². The number of rotatable bonds is 6. The standard InChI is InChI=1S/C37H65N3O11/c1-20(2)38-35-40(11)26-16-22(4)47-34(30(26)50-35)51-32-23(5)29(49-28-18-37(9,45-12)31(42)25(7)48-28)24(6)33(43)46-15-13-14-27(41)39(10)19-21(3)17-36(32,8)44/h13-14,20-26,28-34,42-44H,15-19H2,1-12H3/b14-13+,38-35-/t21-,22-,23+,24-,25+,26+,28+,29+,30-,31+,32-,33?,34+,36-,37-/m1/s1. The van der Waals surface area contributed by atoms with E-state index in [2.05, 4.69) is 0 Å². The molecule has 14 nitrogen and oxygen atoms in total. The smallest absolute Gasteiger partial charge is 0.288 e. The molecule has 0 aromatic rings. The van der Waals surface area contributed by atoms with Crippen LogP contribution in [0.15, 0.2) is 17.1 Å². The van der Waals surface area contributed by atoms with Crippen molar-refractivity contribution in [3.05, 3.63) is 12.2 Å². The Balaban J connectivity index is 1.76. The van der Waals surface area contributed by atoms with Gasteiger partial charge in [-0.3, -0.25) is 4.79 Å². The lowest BCUT2D eigenvalue weighted by molar-refractivity contribution is -0.320. The zero-order valence-corrected chi connectivity index (χ0v) is 32.7. The average molecular weight is 728 g/mol. The number of aliphatic hydroxyl groups excluding tert-OH is 2. The van der Waals surface area contributed by atoms with Crippen LogP contribution < -0.4 is 0 Å². The first-order valence-corrected chi connectivity index (χ1v) is 18.5. The van der Waals surface area contributed by atoms with Gasteiger partial charge in [-0.25, -0.2) is 4.99 Å². The Labute approximate surface area is 304 Å². The highest BCUT2D eigenvalue weighted by Crippen LogP contribution is 2.41. The summed E-state index contributed by atoms with van der Waals surface area (Å²) in [5, 5.41) is 34.8. The Kier molecular flexibility index (Phi) is 14.0. The molecule has 0 aromatic carbocycles. The van der Waals surface area contributed by atoms with Crippen LogP contribution >= 0.6 is 0 Å². The van der Waals surface area contributed by atoms with E-state index in [-0.39, 0.29) is 49.5 Å². The molecular weight excluding hydrogens is 662 g/mol. The summed E-state index contributed by atoms with van der Waals surface area (Å²) in [6.45, 7) is 17.3. The molecule has 3 N–H and O–H groups in total.